The summed E-state index contributed by atoms with van der Waals surface area (Å²) in [6.45, 7) is 4.06. The van der Waals surface area contributed by atoms with Crippen LogP contribution in [0.15, 0.2) is 47.4 Å². The molecule has 3 heteroatoms. The van der Waals surface area contributed by atoms with Crippen molar-refractivity contribution in [2.75, 3.05) is 13.4 Å². The first kappa shape index (κ1) is 16.1. The van der Waals surface area contributed by atoms with Gasteiger partial charge in [-0.1, -0.05) is 23.8 Å². The average Bonchev–Trinajstić information content (AvgIpc) is 2.48. The van der Waals surface area contributed by atoms with Crippen LogP contribution in [0.2, 0.25) is 0 Å². The fourth-order valence-electron chi connectivity index (χ4n) is 1.57. The molecule has 0 spiro atoms. The van der Waals surface area contributed by atoms with Crippen molar-refractivity contribution in [2.24, 2.45) is 0 Å². The van der Waals surface area contributed by atoms with E-state index in [1.54, 1.807) is 24.9 Å². The third kappa shape index (κ3) is 4.99. The van der Waals surface area contributed by atoms with E-state index in [0.717, 1.165) is 5.56 Å². The molecule has 0 aliphatic carbocycles. The normalized spacial score (nSPS) is 9.15. The number of thioether (sulfide) groups is 1. The van der Waals surface area contributed by atoms with Crippen molar-refractivity contribution in [3.8, 4) is 11.8 Å². The number of rotatable bonds is 2. The summed E-state index contributed by atoms with van der Waals surface area (Å²) in [5.74, 6) is 0.646. The highest BCUT2D eigenvalue weighted by atomic mass is 32.2. The smallest absolute Gasteiger partial charge is 0.136 e. The minimum atomic E-state index is 0.582. The van der Waals surface area contributed by atoms with Crippen LogP contribution in [0, 0.1) is 25.2 Å². The van der Waals surface area contributed by atoms with Crippen LogP contribution in [0.4, 0.5) is 0 Å². The lowest BCUT2D eigenvalue weighted by Crippen LogP contribution is -1.87. The summed E-state index contributed by atoms with van der Waals surface area (Å²) in [6.07, 6.45) is 2.09. The van der Waals surface area contributed by atoms with Gasteiger partial charge in [0.05, 0.1) is 12.7 Å². The molecule has 0 bridgehead atoms. The van der Waals surface area contributed by atoms with E-state index in [1.165, 1.54) is 10.5 Å². The molecule has 2 aromatic carbocycles. The summed E-state index contributed by atoms with van der Waals surface area (Å²) in [4.78, 5) is 1.33. The first-order valence-electron chi connectivity index (χ1n) is 6.26. The van der Waals surface area contributed by atoms with Gasteiger partial charge in [0.2, 0.25) is 0 Å². The van der Waals surface area contributed by atoms with Crippen molar-refractivity contribution in [2.45, 2.75) is 18.7 Å². The first-order chi connectivity index (χ1) is 9.60. The molecule has 0 saturated heterocycles. The monoisotopic (exact) mass is 285 g/mol. The Kier molecular flexibility index (Phi) is 6.69. The zero-order valence-electron chi connectivity index (χ0n) is 12.3. The highest BCUT2D eigenvalue weighted by Gasteiger charge is 1.99. The number of nitrogens with zero attached hydrogens (tertiary/aromatic N) is 1. The molecule has 0 atom stereocenters. The Morgan fingerprint density at radius 1 is 1.00 bits per heavy atom. The van der Waals surface area contributed by atoms with Crippen LogP contribution in [0.1, 0.15) is 16.7 Å². The third-order valence-corrected chi connectivity index (χ3v) is 3.48. The fraction of sp³-hybridized carbons (Fsp3) is 0.235. The number of methoxy groups -OCH3 is 1. The van der Waals surface area contributed by atoms with Crippen LogP contribution in [-0.4, -0.2) is 13.4 Å². The van der Waals surface area contributed by atoms with Gasteiger partial charge in [0.15, 0.2) is 0 Å². The summed E-state index contributed by atoms with van der Waals surface area (Å²) in [5.41, 5.74) is 3.01. The van der Waals surface area contributed by atoms with Gasteiger partial charge in [-0.05, 0) is 49.9 Å². The lowest BCUT2D eigenvalue weighted by Gasteiger charge is -2.01. The van der Waals surface area contributed by atoms with Crippen LogP contribution in [-0.2, 0) is 0 Å². The molecule has 0 amide bonds. The van der Waals surface area contributed by atoms with Crippen molar-refractivity contribution >= 4 is 11.8 Å². The van der Waals surface area contributed by atoms with E-state index >= 15 is 0 Å². The first-order valence-corrected chi connectivity index (χ1v) is 7.48. The van der Waals surface area contributed by atoms with Gasteiger partial charge in [-0.3, -0.25) is 0 Å². The molecule has 0 aliphatic heterocycles. The van der Waals surface area contributed by atoms with E-state index in [0.29, 0.717) is 11.3 Å². The summed E-state index contributed by atoms with van der Waals surface area (Å²) >= 11 is 1.78. The van der Waals surface area contributed by atoms with Gasteiger partial charge in [0.1, 0.15) is 11.8 Å². The molecule has 20 heavy (non-hydrogen) atoms. The lowest BCUT2D eigenvalue weighted by molar-refractivity contribution is 0.413. The van der Waals surface area contributed by atoms with E-state index in [2.05, 4.69) is 37.4 Å². The Bertz CT molecular complexity index is 585. The molecular weight excluding hydrogens is 266 g/mol. The Morgan fingerprint density at radius 3 is 2.10 bits per heavy atom. The molecule has 2 nitrogen and oxygen atoms in total. The number of hydrogen-bond donors (Lipinski definition) is 0. The van der Waals surface area contributed by atoms with E-state index in [-0.39, 0.29) is 0 Å². The maximum Gasteiger partial charge on any atom is 0.136 e. The topological polar surface area (TPSA) is 33.0 Å². The largest absolute Gasteiger partial charge is 0.495 e. The SMILES string of the molecule is COc1cc(C)ccc1C#N.CSc1ccc(C)cc1. The van der Waals surface area contributed by atoms with Crippen LogP contribution >= 0.6 is 11.8 Å². The van der Waals surface area contributed by atoms with E-state index < -0.39 is 0 Å². The van der Waals surface area contributed by atoms with Gasteiger partial charge < -0.3 is 4.74 Å². The predicted molar refractivity (Wildman–Crippen MR) is 85.4 cm³/mol. The summed E-state index contributed by atoms with van der Waals surface area (Å²) in [7, 11) is 1.57. The standard InChI is InChI=1S/C9H9NO.C8H10S/c1-7-3-4-8(6-10)9(5-7)11-2;1-7-3-5-8(9-2)6-4-7/h3-5H,1-2H3;3-6H,1-2H3. The van der Waals surface area contributed by atoms with Crippen LogP contribution in [0.25, 0.3) is 0 Å². The number of aryl methyl sites for hydroxylation is 2. The second-order valence-corrected chi connectivity index (χ2v) is 5.21. The number of benzene rings is 2. The second-order valence-electron chi connectivity index (χ2n) is 4.33. The molecule has 2 aromatic rings. The van der Waals surface area contributed by atoms with Crippen LogP contribution in [0.3, 0.4) is 0 Å². The van der Waals surface area contributed by atoms with Gasteiger partial charge >= 0.3 is 0 Å². The molecule has 104 valence electrons. The highest BCUT2D eigenvalue weighted by Crippen LogP contribution is 2.18. The zero-order valence-corrected chi connectivity index (χ0v) is 13.1. The molecular formula is C17H19NOS. The molecule has 0 radical (unpaired) electrons. The van der Waals surface area contributed by atoms with Crippen molar-refractivity contribution in [1.29, 1.82) is 5.26 Å². The van der Waals surface area contributed by atoms with Gasteiger partial charge in [0, 0.05) is 4.90 Å². The van der Waals surface area contributed by atoms with Gasteiger partial charge in [-0.25, -0.2) is 0 Å². The van der Waals surface area contributed by atoms with Gasteiger partial charge in [-0.15, -0.1) is 11.8 Å². The maximum atomic E-state index is 8.61. The van der Waals surface area contributed by atoms with E-state index in [1.807, 2.05) is 25.1 Å². The molecule has 0 saturated carbocycles. The Balaban J connectivity index is 0.000000204. The number of nitriles is 1. The molecule has 2 rings (SSSR count). The number of ether oxygens (including phenoxy) is 1. The van der Waals surface area contributed by atoms with Crippen molar-refractivity contribution in [1.82, 2.24) is 0 Å². The molecule has 0 heterocycles. The Labute approximate surface area is 125 Å². The molecule has 0 fully saturated rings. The molecule has 0 aromatic heterocycles. The van der Waals surface area contributed by atoms with E-state index in [9.17, 15) is 0 Å². The van der Waals surface area contributed by atoms with Gasteiger partial charge in [-0.2, -0.15) is 5.26 Å². The molecule has 0 N–H and O–H groups in total. The predicted octanol–water partition coefficient (Wildman–Crippen LogP) is 4.59. The zero-order chi connectivity index (χ0) is 15.0. The van der Waals surface area contributed by atoms with Gasteiger partial charge in [0.25, 0.3) is 0 Å². The van der Waals surface area contributed by atoms with E-state index in [4.69, 9.17) is 10.00 Å². The minimum Gasteiger partial charge on any atom is -0.495 e. The lowest BCUT2D eigenvalue weighted by atomic mass is 10.1. The number of hydrogen-bond acceptors (Lipinski definition) is 3. The summed E-state index contributed by atoms with van der Waals surface area (Å²) in [6, 6.07) is 16.1. The minimum absolute atomic E-state index is 0.582. The second kappa shape index (κ2) is 8.29. The summed E-state index contributed by atoms with van der Waals surface area (Å²) in [5, 5.41) is 8.61. The van der Waals surface area contributed by atoms with Crippen LogP contribution in [0.5, 0.6) is 5.75 Å². The maximum absolute atomic E-state index is 8.61. The van der Waals surface area contributed by atoms with Crippen molar-refractivity contribution in [3.63, 3.8) is 0 Å². The van der Waals surface area contributed by atoms with Crippen LogP contribution < -0.4 is 4.74 Å². The molecule has 0 aliphatic rings. The van der Waals surface area contributed by atoms with Crippen molar-refractivity contribution in [3.05, 3.63) is 59.2 Å². The summed E-state index contributed by atoms with van der Waals surface area (Å²) < 4.78 is 4.99. The quantitative estimate of drug-likeness (QED) is 0.756. The Morgan fingerprint density at radius 2 is 1.60 bits per heavy atom. The molecule has 0 unspecified atom stereocenters. The van der Waals surface area contributed by atoms with Crippen molar-refractivity contribution < 1.29 is 4.74 Å². The fourth-order valence-corrected chi connectivity index (χ4v) is 1.97. The average molecular weight is 285 g/mol. The highest BCUT2D eigenvalue weighted by molar-refractivity contribution is 7.98. The third-order valence-electron chi connectivity index (χ3n) is 2.73. The Hall–Kier alpha value is -1.92.